The van der Waals surface area contributed by atoms with Gasteiger partial charge in [0.05, 0.1) is 11.1 Å². The van der Waals surface area contributed by atoms with Crippen molar-refractivity contribution in [2.24, 2.45) is 16.8 Å². The zero-order chi connectivity index (χ0) is 12.2. The van der Waals surface area contributed by atoms with Crippen molar-refractivity contribution in [2.45, 2.75) is 75.3 Å². The van der Waals surface area contributed by atoms with Gasteiger partial charge in [-0.05, 0) is 76.0 Å². The van der Waals surface area contributed by atoms with Gasteiger partial charge in [0.2, 0.25) is 0 Å². The standard InChI is InChI=1S/C15H24N2O/c18-17(15-7-3-13(10-15)4-8-15)11-16-14-5-1-12(9-14)2-6-14/h11-13,18H,1-10H2. The van der Waals surface area contributed by atoms with Gasteiger partial charge in [-0.2, -0.15) is 0 Å². The molecule has 0 amide bonds. The number of hydroxylamine groups is 2. The summed E-state index contributed by atoms with van der Waals surface area (Å²) >= 11 is 0. The van der Waals surface area contributed by atoms with Crippen molar-refractivity contribution < 1.29 is 5.21 Å². The van der Waals surface area contributed by atoms with Crippen LogP contribution in [0, 0.1) is 11.8 Å². The number of hydrogen-bond donors (Lipinski definition) is 1. The second-order valence-electron chi connectivity index (χ2n) is 7.33. The lowest BCUT2D eigenvalue weighted by Gasteiger charge is -2.34. The van der Waals surface area contributed by atoms with Crippen molar-refractivity contribution in [2.75, 3.05) is 0 Å². The molecule has 0 atom stereocenters. The Bertz CT molecular complexity index is 363. The van der Waals surface area contributed by atoms with Crippen LogP contribution in [0.15, 0.2) is 4.99 Å². The Hall–Kier alpha value is -0.570. The molecular weight excluding hydrogens is 224 g/mol. The van der Waals surface area contributed by atoms with E-state index in [-0.39, 0.29) is 11.1 Å². The van der Waals surface area contributed by atoms with E-state index in [4.69, 9.17) is 4.99 Å². The molecule has 4 fully saturated rings. The summed E-state index contributed by atoms with van der Waals surface area (Å²) in [5.74, 6) is 1.79. The Labute approximate surface area is 109 Å². The second-order valence-corrected chi connectivity index (χ2v) is 7.33. The molecule has 4 bridgehead atoms. The van der Waals surface area contributed by atoms with Gasteiger partial charge in [-0.25, -0.2) is 5.06 Å². The molecule has 0 spiro atoms. The largest absolute Gasteiger partial charge is 0.287 e. The van der Waals surface area contributed by atoms with Crippen LogP contribution in [0.4, 0.5) is 0 Å². The molecule has 0 aromatic heterocycles. The Balaban J connectivity index is 1.48. The zero-order valence-corrected chi connectivity index (χ0v) is 11.1. The first kappa shape index (κ1) is 11.3. The summed E-state index contributed by atoms with van der Waals surface area (Å²) in [5, 5.41) is 11.9. The van der Waals surface area contributed by atoms with Crippen molar-refractivity contribution in [1.82, 2.24) is 5.06 Å². The van der Waals surface area contributed by atoms with Crippen molar-refractivity contribution in [1.29, 1.82) is 0 Å². The van der Waals surface area contributed by atoms with Crippen molar-refractivity contribution in [3.8, 4) is 0 Å². The van der Waals surface area contributed by atoms with E-state index < -0.39 is 0 Å². The molecule has 4 rings (SSSR count). The van der Waals surface area contributed by atoms with E-state index in [9.17, 15) is 5.21 Å². The highest BCUT2D eigenvalue weighted by molar-refractivity contribution is 5.56. The van der Waals surface area contributed by atoms with Gasteiger partial charge in [-0.1, -0.05) is 0 Å². The molecule has 100 valence electrons. The third-order valence-electron chi connectivity index (χ3n) is 6.34. The van der Waals surface area contributed by atoms with E-state index in [1.165, 1.54) is 56.4 Å². The third kappa shape index (κ3) is 1.56. The average Bonchev–Trinajstić information content (AvgIpc) is 3.15. The number of hydrogen-bond acceptors (Lipinski definition) is 2. The normalized spacial score (nSPS) is 49.6. The fourth-order valence-electron chi connectivity index (χ4n) is 5.13. The number of fused-ring (bicyclic) bond motifs is 4. The minimum atomic E-state index is 0.0570. The molecule has 0 aromatic rings. The lowest BCUT2D eigenvalue weighted by Crippen LogP contribution is -2.43. The lowest BCUT2D eigenvalue weighted by molar-refractivity contribution is -0.0984. The summed E-state index contributed by atoms with van der Waals surface area (Å²) in [7, 11) is 0. The summed E-state index contributed by atoms with van der Waals surface area (Å²) in [6.07, 6.45) is 14.4. The maximum atomic E-state index is 10.4. The molecule has 0 heterocycles. The molecule has 0 aromatic carbocycles. The third-order valence-corrected chi connectivity index (χ3v) is 6.34. The Morgan fingerprint density at radius 3 is 2.06 bits per heavy atom. The van der Waals surface area contributed by atoms with Crippen LogP contribution in [0.5, 0.6) is 0 Å². The topological polar surface area (TPSA) is 35.8 Å². The SMILES string of the molecule is ON(C=NC12CCC(CC1)C2)C12CCC(CC1)C2. The van der Waals surface area contributed by atoms with Gasteiger partial charge in [0.25, 0.3) is 0 Å². The number of nitrogens with zero attached hydrogens (tertiary/aromatic N) is 2. The van der Waals surface area contributed by atoms with Crippen LogP contribution in [0.3, 0.4) is 0 Å². The highest BCUT2D eigenvalue weighted by Crippen LogP contribution is 2.52. The molecule has 0 unspecified atom stereocenters. The van der Waals surface area contributed by atoms with Crippen LogP contribution in [0.25, 0.3) is 0 Å². The first-order chi connectivity index (χ1) is 8.70. The minimum absolute atomic E-state index is 0.0570. The first-order valence-electron chi connectivity index (χ1n) is 7.73. The van der Waals surface area contributed by atoms with Crippen LogP contribution in [-0.4, -0.2) is 27.7 Å². The average molecular weight is 248 g/mol. The van der Waals surface area contributed by atoms with Crippen molar-refractivity contribution in [3.05, 3.63) is 0 Å². The molecule has 4 saturated carbocycles. The fraction of sp³-hybridized carbons (Fsp3) is 0.933. The summed E-state index contributed by atoms with van der Waals surface area (Å²) in [5.41, 5.74) is 0.264. The summed E-state index contributed by atoms with van der Waals surface area (Å²) in [4.78, 5) is 4.82. The van der Waals surface area contributed by atoms with Crippen LogP contribution in [0.1, 0.15) is 64.2 Å². The van der Waals surface area contributed by atoms with E-state index in [0.29, 0.717) is 0 Å². The van der Waals surface area contributed by atoms with Crippen molar-refractivity contribution >= 4 is 6.34 Å². The maximum Gasteiger partial charge on any atom is 0.111 e. The van der Waals surface area contributed by atoms with Gasteiger partial charge in [-0.15, -0.1) is 0 Å². The molecule has 3 nitrogen and oxygen atoms in total. The molecule has 4 aliphatic rings. The summed E-state index contributed by atoms with van der Waals surface area (Å²) < 4.78 is 0. The zero-order valence-electron chi connectivity index (χ0n) is 11.1. The van der Waals surface area contributed by atoms with Crippen LogP contribution < -0.4 is 0 Å². The smallest absolute Gasteiger partial charge is 0.111 e. The molecule has 0 saturated heterocycles. The highest BCUT2D eigenvalue weighted by Gasteiger charge is 2.49. The second kappa shape index (κ2) is 3.72. The lowest BCUT2D eigenvalue weighted by atomic mass is 9.93. The van der Waals surface area contributed by atoms with Crippen LogP contribution in [-0.2, 0) is 0 Å². The number of aliphatic imine (C=N–C) groups is 1. The van der Waals surface area contributed by atoms with E-state index in [2.05, 4.69) is 0 Å². The van der Waals surface area contributed by atoms with Crippen LogP contribution in [0.2, 0.25) is 0 Å². The molecular formula is C15H24N2O. The fourth-order valence-corrected chi connectivity index (χ4v) is 5.13. The summed E-state index contributed by atoms with van der Waals surface area (Å²) in [6, 6.07) is 0. The first-order valence-corrected chi connectivity index (χ1v) is 7.73. The highest BCUT2D eigenvalue weighted by atomic mass is 16.5. The molecule has 18 heavy (non-hydrogen) atoms. The monoisotopic (exact) mass is 248 g/mol. The predicted molar refractivity (Wildman–Crippen MR) is 70.7 cm³/mol. The predicted octanol–water partition coefficient (Wildman–Crippen LogP) is 3.37. The molecule has 1 N–H and O–H groups in total. The van der Waals surface area contributed by atoms with E-state index in [1.54, 1.807) is 6.34 Å². The van der Waals surface area contributed by atoms with Gasteiger partial charge in [0, 0.05) is 0 Å². The van der Waals surface area contributed by atoms with Crippen LogP contribution >= 0.6 is 0 Å². The molecule has 4 aliphatic carbocycles. The Morgan fingerprint density at radius 1 is 0.944 bits per heavy atom. The number of rotatable bonds is 3. The Kier molecular flexibility index (Phi) is 2.33. The molecule has 0 radical (unpaired) electrons. The minimum Gasteiger partial charge on any atom is -0.287 e. The van der Waals surface area contributed by atoms with Gasteiger partial charge >= 0.3 is 0 Å². The quantitative estimate of drug-likeness (QED) is 0.472. The van der Waals surface area contributed by atoms with E-state index in [0.717, 1.165) is 24.7 Å². The van der Waals surface area contributed by atoms with Gasteiger partial charge < -0.3 is 0 Å². The Morgan fingerprint density at radius 2 is 1.56 bits per heavy atom. The molecule has 0 aliphatic heterocycles. The summed E-state index contributed by atoms with van der Waals surface area (Å²) in [6.45, 7) is 0. The van der Waals surface area contributed by atoms with Gasteiger partial charge in [0.1, 0.15) is 6.34 Å². The van der Waals surface area contributed by atoms with Crippen molar-refractivity contribution in [3.63, 3.8) is 0 Å². The van der Waals surface area contributed by atoms with Gasteiger partial charge in [0.15, 0.2) is 0 Å². The van der Waals surface area contributed by atoms with E-state index >= 15 is 0 Å². The van der Waals surface area contributed by atoms with Gasteiger partial charge in [-0.3, -0.25) is 10.2 Å². The van der Waals surface area contributed by atoms with E-state index in [1.807, 2.05) is 0 Å². The molecule has 3 heteroatoms. The maximum absolute atomic E-state index is 10.4.